The van der Waals surface area contributed by atoms with Crippen molar-refractivity contribution in [1.29, 1.82) is 5.41 Å². The van der Waals surface area contributed by atoms with E-state index in [0.29, 0.717) is 29.3 Å². The number of benzene rings is 2. The molecule has 1 aliphatic heterocycles. The number of aromatic amines is 1. The highest BCUT2D eigenvalue weighted by Crippen LogP contribution is 2.29. The molecule has 5 nitrogen and oxygen atoms in total. The molecule has 1 aliphatic rings. The highest BCUT2D eigenvalue weighted by atomic mass is 35.5. The van der Waals surface area contributed by atoms with Gasteiger partial charge in [0.25, 0.3) is 5.91 Å². The van der Waals surface area contributed by atoms with Crippen molar-refractivity contribution in [2.75, 3.05) is 20.1 Å². The summed E-state index contributed by atoms with van der Waals surface area (Å²) in [5.74, 6) is -0.103. The Morgan fingerprint density at radius 1 is 1.18 bits per heavy atom. The highest BCUT2D eigenvalue weighted by molar-refractivity contribution is 6.36. The molecule has 0 atom stereocenters. The molecule has 0 radical (unpaired) electrons. The van der Waals surface area contributed by atoms with Crippen molar-refractivity contribution < 1.29 is 4.79 Å². The topological polar surface area (TPSA) is 72.0 Å². The van der Waals surface area contributed by atoms with Crippen LogP contribution in [-0.2, 0) is 0 Å². The van der Waals surface area contributed by atoms with Gasteiger partial charge in [0.05, 0.1) is 22.8 Å². The van der Waals surface area contributed by atoms with Crippen LogP contribution < -0.4 is 5.32 Å². The Morgan fingerprint density at radius 3 is 2.68 bits per heavy atom. The van der Waals surface area contributed by atoms with Crippen LogP contribution in [0.3, 0.4) is 0 Å². The number of hydrogen-bond acceptors (Lipinski definition) is 3. The second kappa shape index (κ2) is 7.52. The summed E-state index contributed by atoms with van der Waals surface area (Å²) in [5, 5.41) is 13.1. The van der Waals surface area contributed by atoms with E-state index < -0.39 is 0 Å². The smallest absolute Gasteiger partial charge is 0.256 e. The molecule has 0 unspecified atom stereocenters. The van der Waals surface area contributed by atoms with Gasteiger partial charge in [0.15, 0.2) is 0 Å². The standard InChI is InChI=1S/C22H21ClN4O/c1-25-21(14-6-3-2-4-7-14)15-10-11-27(13-18(15)24)22(28)16-12-26-19-9-5-8-17(23)20(16)19/h2-9,12,24-26H,10-11,13H2,1H3/b21-15-,24-18?. The third-order valence-corrected chi connectivity index (χ3v) is 5.45. The molecule has 4 rings (SSSR count). The average Bonchev–Trinajstić information content (AvgIpc) is 3.15. The third kappa shape index (κ3) is 3.18. The van der Waals surface area contributed by atoms with E-state index >= 15 is 0 Å². The summed E-state index contributed by atoms with van der Waals surface area (Å²) in [4.78, 5) is 17.9. The number of carbonyl (C=O) groups is 1. The molecule has 0 bridgehead atoms. The van der Waals surface area contributed by atoms with E-state index in [-0.39, 0.29) is 12.5 Å². The molecule has 0 spiro atoms. The lowest BCUT2D eigenvalue weighted by Crippen LogP contribution is -2.41. The summed E-state index contributed by atoms with van der Waals surface area (Å²) in [7, 11) is 1.87. The molecular weight excluding hydrogens is 372 g/mol. The van der Waals surface area contributed by atoms with Crippen LogP contribution in [0.2, 0.25) is 5.02 Å². The van der Waals surface area contributed by atoms with E-state index in [1.54, 1.807) is 17.2 Å². The maximum absolute atomic E-state index is 13.1. The first-order valence-electron chi connectivity index (χ1n) is 9.19. The Bertz CT molecular complexity index is 1080. The van der Waals surface area contributed by atoms with Crippen molar-refractivity contribution in [3.63, 3.8) is 0 Å². The van der Waals surface area contributed by atoms with Crippen LogP contribution in [0, 0.1) is 5.41 Å². The van der Waals surface area contributed by atoms with Crippen LogP contribution in [0.25, 0.3) is 16.6 Å². The first kappa shape index (κ1) is 18.3. The Morgan fingerprint density at radius 2 is 1.96 bits per heavy atom. The second-order valence-electron chi connectivity index (χ2n) is 6.79. The maximum Gasteiger partial charge on any atom is 0.256 e. The van der Waals surface area contributed by atoms with Crippen LogP contribution in [0.15, 0.2) is 60.3 Å². The summed E-state index contributed by atoms with van der Waals surface area (Å²) in [6.07, 6.45) is 2.34. The van der Waals surface area contributed by atoms with E-state index in [2.05, 4.69) is 10.3 Å². The predicted octanol–water partition coefficient (Wildman–Crippen LogP) is 4.32. The number of carbonyl (C=O) groups excluding carboxylic acids is 1. The molecule has 0 saturated carbocycles. The van der Waals surface area contributed by atoms with Gasteiger partial charge in [0.2, 0.25) is 0 Å². The van der Waals surface area contributed by atoms with E-state index in [4.69, 9.17) is 17.0 Å². The van der Waals surface area contributed by atoms with Gasteiger partial charge in [-0.3, -0.25) is 4.79 Å². The van der Waals surface area contributed by atoms with Gasteiger partial charge in [-0.1, -0.05) is 48.0 Å². The molecule has 1 saturated heterocycles. The molecule has 1 aromatic heterocycles. The monoisotopic (exact) mass is 392 g/mol. The van der Waals surface area contributed by atoms with Crippen molar-refractivity contribution in [2.45, 2.75) is 6.42 Å². The minimum Gasteiger partial charge on any atom is -0.387 e. The SMILES string of the molecule is CN/C(=C1/CCN(C(=O)c2c[nH]c3cccc(Cl)c23)CC1=N)c1ccccc1. The Labute approximate surface area is 168 Å². The lowest BCUT2D eigenvalue weighted by Gasteiger charge is -2.30. The van der Waals surface area contributed by atoms with Crippen molar-refractivity contribution in [2.24, 2.45) is 0 Å². The van der Waals surface area contributed by atoms with Crippen molar-refractivity contribution in [3.8, 4) is 0 Å². The normalized spacial score (nSPS) is 16.4. The van der Waals surface area contributed by atoms with Gasteiger partial charge in [-0.05, 0) is 24.1 Å². The van der Waals surface area contributed by atoms with Crippen LogP contribution in [0.5, 0.6) is 0 Å². The minimum absolute atomic E-state index is 0.103. The molecule has 1 fully saturated rings. The summed E-state index contributed by atoms with van der Waals surface area (Å²) >= 11 is 6.32. The number of H-pyrrole nitrogens is 1. The fraction of sp³-hybridized carbons (Fsp3) is 0.182. The fourth-order valence-corrected chi connectivity index (χ4v) is 4.04. The number of aromatic nitrogens is 1. The minimum atomic E-state index is -0.103. The lowest BCUT2D eigenvalue weighted by molar-refractivity contribution is 0.0777. The molecule has 2 aromatic carbocycles. The van der Waals surface area contributed by atoms with Crippen LogP contribution in [-0.4, -0.2) is 41.6 Å². The molecule has 6 heteroatoms. The number of hydrogen-bond donors (Lipinski definition) is 3. The number of amides is 1. The molecular formula is C22H21ClN4O. The van der Waals surface area contributed by atoms with Gasteiger partial charge in [-0.2, -0.15) is 0 Å². The largest absolute Gasteiger partial charge is 0.387 e. The zero-order valence-electron chi connectivity index (χ0n) is 15.6. The Balaban J connectivity index is 1.61. The van der Waals surface area contributed by atoms with E-state index in [0.717, 1.165) is 27.7 Å². The number of nitrogens with zero attached hydrogens (tertiary/aromatic N) is 1. The van der Waals surface area contributed by atoms with Crippen LogP contribution in [0.1, 0.15) is 22.3 Å². The number of likely N-dealkylation sites (tertiary alicyclic amines) is 1. The van der Waals surface area contributed by atoms with Crippen LogP contribution >= 0.6 is 11.6 Å². The number of rotatable bonds is 3. The quantitative estimate of drug-likeness (QED) is 0.621. The average molecular weight is 393 g/mol. The second-order valence-corrected chi connectivity index (χ2v) is 7.20. The predicted molar refractivity (Wildman–Crippen MR) is 114 cm³/mol. The summed E-state index contributed by atoms with van der Waals surface area (Å²) in [5.41, 5.74) is 4.80. The first-order chi connectivity index (χ1) is 13.6. The first-order valence-corrected chi connectivity index (χ1v) is 9.57. The molecule has 1 amide bonds. The number of piperidine rings is 1. The van der Waals surface area contributed by atoms with Crippen molar-refractivity contribution >= 4 is 39.8 Å². The molecule has 142 valence electrons. The van der Waals surface area contributed by atoms with Crippen LogP contribution in [0.4, 0.5) is 0 Å². The van der Waals surface area contributed by atoms with Crippen molar-refractivity contribution in [3.05, 3.63) is 76.5 Å². The molecule has 2 heterocycles. The van der Waals surface area contributed by atoms with Gasteiger partial charge in [0.1, 0.15) is 0 Å². The van der Waals surface area contributed by atoms with Gasteiger partial charge in [-0.15, -0.1) is 0 Å². The molecule has 28 heavy (non-hydrogen) atoms. The fourth-order valence-electron chi connectivity index (χ4n) is 3.77. The summed E-state index contributed by atoms with van der Waals surface area (Å²) < 4.78 is 0. The Hall–Kier alpha value is -3.05. The number of halogens is 1. The lowest BCUT2D eigenvalue weighted by atomic mass is 9.95. The molecule has 3 N–H and O–H groups in total. The number of nitrogens with one attached hydrogen (secondary N) is 3. The van der Waals surface area contributed by atoms with Crippen molar-refractivity contribution in [1.82, 2.24) is 15.2 Å². The Kier molecular flexibility index (Phi) is 4.92. The van der Waals surface area contributed by atoms with Gasteiger partial charge >= 0.3 is 0 Å². The van der Waals surface area contributed by atoms with Gasteiger partial charge in [0, 0.05) is 42.0 Å². The van der Waals surface area contributed by atoms with E-state index in [1.807, 2.05) is 49.5 Å². The van der Waals surface area contributed by atoms with Gasteiger partial charge in [-0.25, -0.2) is 0 Å². The number of fused-ring (bicyclic) bond motifs is 1. The van der Waals surface area contributed by atoms with E-state index in [9.17, 15) is 4.79 Å². The van der Waals surface area contributed by atoms with Gasteiger partial charge < -0.3 is 20.6 Å². The zero-order valence-corrected chi connectivity index (χ0v) is 16.3. The molecule has 3 aromatic rings. The summed E-state index contributed by atoms with van der Waals surface area (Å²) in [6.45, 7) is 0.842. The highest BCUT2D eigenvalue weighted by Gasteiger charge is 2.27. The molecule has 0 aliphatic carbocycles. The maximum atomic E-state index is 13.1. The summed E-state index contributed by atoms with van der Waals surface area (Å²) in [6, 6.07) is 15.5. The van der Waals surface area contributed by atoms with E-state index in [1.165, 1.54) is 0 Å². The zero-order chi connectivity index (χ0) is 19.7. The third-order valence-electron chi connectivity index (χ3n) is 5.13.